The Balaban J connectivity index is 1.35. The van der Waals surface area contributed by atoms with Gasteiger partial charge >= 0.3 is 0 Å². The van der Waals surface area contributed by atoms with E-state index in [2.05, 4.69) is 26.4 Å². The molecule has 2 aliphatic heterocycles. The highest BCUT2D eigenvalue weighted by atomic mass is 35.5. The SMILES string of the molecule is Clc1cccc(C2CNCCN2Cc2nc(-c3ccc4c(c3)OCO4)no2)c1. The van der Waals surface area contributed by atoms with Gasteiger partial charge in [0.1, 0.15) is 0 Å². The molecule has 0 bridgehead atoms. The largest absolute Gasteiger partial charge is 0.454 e. The molecule has 1 aromatic heterocycles. The van der Waals surface area contributed by atoms with Gasteiger partial charge in [-0.2, -0.15) is 4.98 Å². The van der Waals surface area contributed by atoms with Crippen LogP contribution in [0.15, 0.2) is 47.0 Å². The van der Waals surface area contributed by atoms with E-state index in [1.807, 2.05) is 36.4 Å². The summed E-state index contributed by atoms with van der Waals surface area (Å²) < 4.78 is 16.3. The van der Waals surface area contributed by atoms with E-state index in [1.54, 1.807) is 0 Å². The molecule has 0 radical (unpaired) electrons. The smallest absolute Gasteiger partial charge is 0.241 e. The monoisotopic (exact) mass is 398 g/mol. The summed E-state index contributed by atoms with van der Waals surface area (Å²) >= 11 is 6.18. The molecule has 1 N–H and O–H groups in total. The van der Waals surface area contributed by atoms with Gasteiger partial charge in [-0.1, -0.05) is 28.9 Å². The van der Waals surface area contributed by atoms with Crippen molar-refractivity contribution in [2.75, 3.05) is 26.4 Å². The van der Waals surface area contributed by atoms with Crippen LogP contribution < -0.4 is 14.8 Å². The molecular formula is C20H19ClN4O3. The van der Waals surface area contributed by atoms with Gasteiger partial charge in [-0.25, -0.2) is 0 Å². The first-order chi connectivity index (χ1) is 13.8. The maximum absolute atomic E-state index is 6.18. The molecule has 0 amide bonds. The van der Waals surface area contributed by atoms with Crippen molar-refractivity contribution in [3.8, 4) is 22.9 Å². The van der Waals surface area contributed by atoms with Gasteiger partial charge in [-0.3, -0.25) is 4.90 Å². The number of nitrogens with zero attached hydrogens (tertiary/aromatic N) is 3. The average molecular weight is 399 g/mol. The van der Waals surface area contributed by atoms with Crippen molar-refractivity contribution < 1.29 is 14.0 Å². The maximum Gasteiger partial charge on any atom is 0.241 e. The minimum Gasteiger partial charge on any atom is -0.454 e. The Labute approximate surface area is 167 Å². The molecule has 3 aromatic rings. The zero-order chi connectivity index (χ0) is 18.9. The van der Waals surface area contributed by atoms with Crippen LogP contribution >= 0.6 is 11.6 Å². The number of piperazine rings is 1. The molecule has 1 fully saturated rings. The van der Waals surface area contributed by atoms with Crippen LogP contribution in [0.1, 0.15) is 17.5 Å². The summed E-state index contributed by atoms with van der Waals surface area (Å²) in [7, 11) is 0. The van der Waals surface area contributed by atoms with Crippen molar-refractivity contribution in [1.29, 1.82) is 0 Å². The second kappa shape index (κ2) is 7.43. The van der Waals surface area contributed by atoms with E-state index in [9.17, 15) is 0 Å². The molecule has 2 aliphatic rings. The van der Waals surface area contributed by atoms with Gasteiger partial charge in [0.2, 0.25) is 18.5 Å². The van der Waals surface area contributed by atoms with Gasteiger partial charge in [-0.05, 0) is 35.9 Å². The fourth-order valence-electron chi connectivity index (χ4n) is 3.62. The number of rotatable bonds is 4. The lowest BCUT2D eigenvalue weighted by molar-refractivity contribution is 0.135. The Kier molecular flexibility index (Phi) is 4.64. The van der Waals surface area contributed by atoms with Crippen molar-refractivity contribution in [2.24, 2.45) is 0 Å². The fourth-order valence-corrected chi connectivity index (χ4v) is 3.82. The van der Waals surface area contributed by atoms with Gasteiger partial charge in [0, 0.05) is 36.3 Å². The zero-order valence-corrected chi connectivity index (χ0v) is 15.9. The third kappa shape index (κ3) is 3.44. The third-order valence-electron chi connectivity index (χ3n) is 5.02. The van der Waals surface area contributed by atoms with E-state index in [4.69, 9.17) is 25.6 Å². The second-order valence-corrected chi connectivity index (χ2v) is 7.26. The third-order valence-corrected chi connectivity index (χ3v) is 5.26. The van der Waals surface area contributed by atoms with E-state index in [0.29, 0.717) is 24.0 Å². The van der Waals surface area contributed by atoms with E-state index in [-0.39, 0.29) is 12.8 Å². The molecule has 1 atom stereocenters. The summed E-state index contributed by atoms with van der Waals surface area (Å²) in [6.45, 7) is 3.48. The Morgan fingerprint density at radius 3 is 3.00 bits per heavy atom. The van der Waals surface area contributed by atoms with Crippen molar-refractivity contribution in [3.05, 3.63) is 58.9 Å². The van der Waals surface area contributed by atoms with Crippen LogP contribution in [-0.2, 0) is 6.54 Å². The lowest BCUT2D eigenvalue weighted by Gasteiger charge is -2.35. The van der Waals surface area contributed by atoms with Gasteiger partial charge < -0.3 is 19.3 Å². The lowest BCUT2D eigenvalue weighted by Crippen LogP contribution is -2.45. The lowest BCUT2D eigenvalue weighted by atomic mass is 10.0. The Hall–Kier alpha value is -2.61. The van der Waals surface area contributed by atoms with Gasteiger partial charge in [0.25, 0.3) is 0 Å². The Morgan fingerprint density at radius 2 is 2.07 bits per heavy atom. The topological polar surface area (TPSA) is 72.7 Å². The number of benzene rings is 2. The predicted molar refractivity (Wildman–Crippen MR) is 103 cm³/mol. The van der Waals surface area contributed by atoms with E-state index < -0.39 is 0 Å². The standard InChI is InChI=1S/C20H19ClN4O3/c21-15-3-1-2-13(8-15)16-10-22-6-7-25(16)11-19-23-20(24-28-19)14-4-5-17-18(9-14)27-12-26-17/h1-5,8-9,16,22H,6-7,10-12H2. The molecule has 7 nitrogen and oxygen atoms in total. The molecule has 1 saturated heterocycles. The van der Waals surface area contributed by atoms with Crippen LogP contribution in [0.3, 0.4) is 0 Å². The number of ether oxygens (including phenoxy) is 2. The number of halogens is 1. The van der Waals surface area contributed by atoms with E-state index in [0.717, 1.165) is 36.0 Å². The van der Waals surface area contributed by atoms with Crippen LogP contribution in [0.25, 0.3) is 11.4 Å². The van der Waals surface area contributed by atoms with Gasteiger partial charge in [0.05, 0.1) is 6.54 Å². The highest BCUT2D eigenvalue weighted by molar-refractivity contribution is 6.30. The molecule has 0 aliphatic carbocycles. The van der Waals surface area contributed by atoms with Crippen LogP contribution in [0.5, 0.6) is 11.5 Å². The molecule has 0 saturated carbocycles. The predicted octanol–water partition coefficient (Wildman–Crippen LogP) is 3.27. The quantitative estimate of drug-likeness (QED) is 0.723. The molecule has 5 rings (SSSR count). The van der Waals surface area contributed by atoms with Crippen molar-refractivity contribution in [1.82, 2.24) is 20.4 Å². The van der Waals surface area contributed by atoms with Crippen LogP contribution in [-0.4, -0.2) is 41.5 Å². The average Bonchev–Trinajstić information content (AvgIpc) is 3.37. The molecule has 3 heterocycles. The van der Waals surface area contributed by atoms with Gasteiger partial charge in [-0.15, -0.1) is 0 Å². The normalized spacial score (nSPS) is 19.1. The number of hydrogen-bond donors (Lipinski definition) is 1. The molecule has 2 aromatic carbocycles. The summed E-state index contributed by atoms with van der Waals surface area (Å²) in [5, 5.41) is 8.33. The summed E-state index contributed by atoms with van der Waals surface area (Å²) in [5.74, 6) is 2.56. The molecule has 0 spiro atoms. The second-order valence-electron chi connectivity index (χ2n) is 6.83. The van der Waals surface area contributed by atoms with E-state index in [1.165, 1.54) is 5.56 Å². The highest BCUT2D eigenvalue weighted by Gasteiger charge is 2.26. The van der Waals surface area contributed by atoms with Crippen molar-refractivity contribution >= 4 is 11.6 Å². The number of aromatic nitrogens is 2. The van der Waals surface area contributed by atoms with Crippen molar-refractivity contribution in [2.45, 2.75) is 12.6 Å². The minimum atomic E-state index is 0.202. The first-order valence-electron chi connectivity index (χ1n) is 9.19. The molecule has 1 unspecified atom stereocenters. The Morgan fingerprint density at radius 1 is 1.14 bits per heavy atom. The first kappa shape index (κ1) is 17.5. The molecule has 28 heavy (non-hydrogen) atoms. The summed E-state index contributed by atoms with van der Waals surface area (Å²) in [4.78, 5) is 6.92. The fraction of sp³-hybridized carbons (Fsp3) is 0.300. The zero-order valence-electron chi connectivity index (χ0n) is 15.1. The van der Waals surface area contributed by atoms with Crippen LogP contribution in [0, 0.1) is 0 Å². The first-order valence-corrected chi connectivity index (χ1v) is 9.57. The van der Waals surface area contributed by atoms with Crippen LogP contribution in [0.4, 0.5) is 0 Å². The van der Waals surface area contributed by atoms with Gasteiger partial charge in [0.15, 0.2) is 11.5 Å². The van der Waals surface area contributed by atoms with E-state index >= 15 is 0 Å². The molecular weight excluding hydrogens is 380 g/mol. The number of hydrogen-bond acceptors (Lipinski definition) is 7. The minimum absolute atomic E-state index is 0.202. The summed E-state index contributed by atoms with van der Waals surface area (Å²) in [5.41, 5.74) is 2.01. The number of nitrogens with one attached hydrogen (secondary N) is 1. The summed E-state index contributed by atoms with van der Waals surface area (Å²) in [6, 6.07) is 13.8. The highest BCUT2D eigenvalue weighted by Crippen LogP contribution is 2.35. The number of fused-ring (bicyclic) bond motifs is 1. The van der Waals surface area contributed by atoms with Crippen molar-refractivity contribution in [3.63, 3.8) is 0 Å². The maximum atomic E-state index is 6.18. The Bertz CT molecular complexity index is 993. The van der Waals surface area contributed by atoms with Crippen LogP contribution in [0.2, 0.25) is 5.02 Å². The summed E-state index contributed by atoms with van der Waals surface area (Å²) in [6.07, 6.45) is 0. The molecule has 144 valence electrons. The molecule has 8 heteroatoms.